The van der Waals surface area contributed by atoms with E-state index in [9.17, 15) is 17.6 Å². The Morgan fingerprint density at radius 2 is 1.90 bits per heavy atom. The first-order valence-corrected chi connectivity index (χ1v) is 5.87. The summed E-state index contributed by atoms with van der Waals surface area (Å²) in [4.78, 5) is 3.93. The summed E-state index contributed by atoms with van der Waals surface area (Å²) >= 11 is 0. The van der Waals surface area contributed by atoms with E-state index >= 15 is 0 Å². The molecule has 0 spiro atoms. The molecule has 2 aromatic rings. The summed E-state index contributed by atoms with van der Waals surface area (Å²) in [5.74, 6) is -1.28. The maximum atomic E-state index is 13.3. The van der Waals surface area contributed by atoms with Gasteiger partial charge in [0, 0.05) is 12.4 Å². The van der Waals surface area contributed by atoms with Gasteiger partial charge in [0.25, 0.3) is 0 Å². The molecule has 1 aromatic heterocycles. The molecule has 0 saturated heterocycles. The molecule has 1 heterocycles. The third kappa shape index (κ3) is 2.96. The molecule has 2 nitrogen and oxygen atoms in total. The summed E-state index contributed by atoms with van der Waals surface area (Å²) in [6.45, 7) is 0. The highest BCUT2D eigenvalue weighted by atomic mass is 19.4. The van der Waals surface area contributed by atoms with Gasteiger partial charge in [0.15, 0.2) is 0 Å². The fourth-order valence-electron chi connectivity index (χ4n) is 2.01. The highest BCUT2D eigenvalue weighted by molar-refractivity contribution is 5.34. The number of alkyl halides is 3. The van der Waals surface area contributed by atoms with E-state index in [2.05, 4.69) is 10.3 Å². The quantitative estimate of drug-likeness (QED) is 0.872. The van der Waals surface area contributed by atoms with Crippen molar-refractivity contribution >= 4 is 0 Å². The highest BCUT2D eigenvalue weighted by Crippen LogP contribution is 2.33. The maximum Gasteiger partial charge on any atom is 0.419 e. The molecule has 0 aliphatic rings. The first kappa shape index (κ1) is 14.5. The van der Waals surface area contributed by atoms with Crippen LogP contribution in [0.15, 0.2) is 42.7 Å². The lowest BCUT2D eigenvalue weighted by molar-refractivity contribution is -0.140. The molecule has 20 heavy (non-hydrogen) atoms. The Kier molecular flexibility index (Phi) is 4.04. The minimum Gasteiger partial charge on any atom is -0.309 e. The van der Waals surface area contributed by atoms with E-state index in [1.54, 1.807) is 31.6 Å². The fourth-order valence-corrected chi connectivity index (χ4v) is 2.01. The van der Waals surface area contributed by atoms with Gasteiger partial charge in [-0.05, 0) is 36.4 Å². The fraction of sp³-hybridized carbons (Fsp3) is 0.214. The van der Waals surface area contributed by atoms with Crippen molar-refractivity contribution in [2.75, 3.05) is 7.05 Å². The third-order valence-corrected chi connectivity index (χ3v) is 2.94. The highest BCUT2D eigenvalue weighted by Gasteiger charge is 2.34. The van der Waals surface area contributed by atoms with Crippen molar-refractivity contribution in [2.45, 2.75) is 12.2 Å². The minimum absolute atomic E-state index is 0.328. The summed E-state index contributed by atoms with van der Waals surface area (Å²) in [6, 6.07) is 5.94. The topological polar surface area (TPSA) is 24.9 Å². The van der Waals surface area contributed by atoms with Gasteiger partial charge in [-0.15, -0.1) is 0 Å². The number of pyridine rings is 1. The van der Waals surface area contributed by atoms with Crippen LogP contribution in [0.4, 0.5) is 17.6 Å². The van der Waals surface area contributed by atoms with Gasteiger partial charge in [-0.2, -0.15) is 13.2 Å². The number of nitrogens with zero attached hydrogens (tertiary/aromatic N) is 1. The van der Waals surface area contributed by atoms with Gasteiger partial charge in [0.2, 0.25) is 0 Å². The number of hydrogen-bond acceptors (Lipinski definition) is 2. The van der Waals surface area contributed by atoms with Gasteiger partial charge in [-0.25, -0.2) is 4.39 Å². The molecule has 0 radical (unpaired) electrons. The second-order valence-electron chi connectivity index (χ2n) is 4.25. The van der Waals surface area contributed by atoms with Crippen molar-refractivity contribution in [1.29, 1.82) is 0 Å². The van der Waals surface area contributed by atoms with Crippen LogP contribution < -0.4 is 5.32 Å². The Hall–Kier alpha value is -1.95. The van der Waals surface area contributed by atoms with Crippen LogP contribution in [0.3, 0.4) is 0 Å². The molecule has 0 aliphatic carbocycles. The first-order valence-electron chi connectivity index (χ1n) is 5.87. The molecule has 0 amide bonds. The molecule has 1 atom stereocenters. The van der Waals surface area contributed by atoms with E-state index in [0.29, 0.717) is 11.1 Å². The summed E-state index contributed by atoms with van der Waals surface area (Å²) in [7, 11) is 1.62. The predicted molar refractivity (Wildman–Crippen MR) is 66.5 cm³/mol. The van der Waals surface area contributed by atoms with Crippen molar-refractivity contribution in [3.63, 3.8) is 0 Å². The summed E-state index contributed by atoms with van der Waals surface area (Å²) in [5, 5.41) is 2.90. The molecule has 106 valence electrons. The van der Waals surface area contributed by atoms with Crippen molar-refractivity contribution < 1.29 is 17.6 Å². The van der Waals surface area contributed by atoms with E-state index in [4.69, 9.17) is 0 Å². The lowest BCUT2D eigenvalue weighted by Crippen LogP contribution is -2.19. The van der Waals surface area contributed by atoms with Crippen LogP contribution in [0.1, 0.15) is 22.7 Å². The Morgan fingerprint density at radius 1 is 1.15 bits per heavy atom. The van der Waals surface area contributed by atoms with Crippen LogP contribution in [0.5, 0.6) is 0 Å². The molecule has 1 N–H and O–H groups in total. The third-order valence-electron chi connectivity index (χ3n) is 2.94. The van der Waals surface area contributed by atoms with Gasteiger partial charge in [-0.1, -0.05) is 12.1 Å². The van der Waals surface area contributed by atoms with Crippen LogP contribution in [-0.4, -0.2) is 12.0 Å². The van der Waals surface area contributed by atoms with Gasteiger partial charge >= 0.3 is 6.18 Å². The van der Waals surface area contributed by atoms with Crippen molar-refractivity contribution in [3.8, 4) is 0 Å². The summed E-state index contributed by atoms with van der Waals surface area (Å²) in [6.07, 6.45) is -1.59. The van der Waals surface area contributed by atoms with Crippen LogP contribution >= 0.6 is 0 Å². The first-order chi connectivity index (χ1) is 9.43. The second-order valence-corrected chi connectivity index (χ2v) is 4.25. The zero-order chi connectivity index (χ0) is 14.8. The van der Waals surface area contributed by atoms with Crippen LogP contribution in [0.2, 0.25) is 0 Å². The van der Waals surface area contributed by atoms with Gasteiger partial charge in [-0.3, -0.25) is 4.98 Å². The maximum absolute atomic E-state index is 13.3. The van der Waals surface area contributed by atoms with Crippen LogP contribution in [0.25, 0.3) is 0 Å². The Balaban J connectivity index is 2.46. The second kappa shape index (κ2) is 5.58. The van der Waals surface area contributed by atoms with Gasteiger partial charge in [0.1, 0.15) is 5.82 Å². The normalized spacial score (nSPS) is 13.2. The monoisotopic (exact) mass is 284 g/mol. The molecule has 0 fully saturated rings. The lowest BCUT2D eigenvalue weighted by atomic mass is 9.98. The van der Waals surface area contributed by atoms with Gasteiger partial charge < -0.3 is 5.32 Å². The smallest absolute Gasteiger partial charge is 0.309 e. The number of halogens is 4. The largest absolute Gasteiger partial charge is 0.419 e. The molecule has 6 heteroatoms. The summed E-state index contributed by atoms with van der Waals surface area (Å²) < 4.78 is 51.5. The minimum atomic E-state index is -4.71. The summed E-state index contributed by atoms with van der Waals surface area (Å²) in [5.41, 5.74) is -0.233. The Labute approximate surface area is 113 Å². The van der Waals surface area contributed by atoms with Crippen LogP contribution in [-0.2, 0) is 6.18 Å². The average Bonchev–Trinajstić information content (AvgIpc) is 2.41. The number of hydrogen-bond donors (Lipinski definition) is 1. The van der Waals surface area contributed by atoms with Crippen molar-refractivity contribution in [2.24, 2.45) is 0 Å². The number of aromatic nitrogens is 1. The molecule has 2 rings (SSSR count). The Morgan fingerprint density at radius 3 is 2.45 bits per heavy atom. The Bertz CT molecular complexity index is 581. The molecule has 0 bridgehead atoms. The van der Waals surface area contributed by atoms with Crippen molar-refractivity contribution in [1.82, 2.24) is 10.3 Å². The number of nitrogens with one attached hydrogen (secondary N) is 1. The molecule has 0 aliphatic heterocycles. The predicted octanol–water partition coefficient (Wildman–Crippen LogP) is 3.55. The van der Waals surface area contributed by atoms with E-state index < -0.39 is 23.6 Å². The standard InChI is InChI=1S/C14H12F4N2/c1-19-13(10-3-2-6-20-8-10)9-4-5-12(15)11(7-9)14(16,17)18/h2-8,13,19H,1H3. The van der Waals surface area contributed by atoms with Crippen molar-refractivity contribution in [3.05, 3.63) is 65.2 Å². The molecular weight excluding hydrogens is 272 g/mol. The molecule has 0 saturated carbocycles. The molecule has 1 unspecified atom stereocenters. The zero-order valence-electron chi connectivity index (χ0n) is 10.6. The number of benzene rings is 1. The number of rotatable bonds is 3. The van der Waals surface area contributed by atoms with E-state index in [1.165, 1.54) is 6.07 Å². The SMILES string of the molecule is CNC(c1cccnc1)c1ccc(F)c(C(F)(F)F)c1. The van der Waals surface area contributed by atoms with Crippen LogP contribution in [0, 0.1) is 5.82 Å². The van der Waals surface area contributed by atoms with E-state index in [-0.39, 0.29) is 0 Å². The molecular formula is C14H12F4N2. The lowest BCUT2D eigenvalue weighted by Gasteiger charge is -2.18. The van der Waals surface area contributed by atoms with Gasteiger partial charge in [0.05, 0.1) is 11.6 Å². The van der Waals surface area contributed by atoms with E-state index in [0.717, 1.165) is 12.1 Å². The zero-order valence-corrected chi connectivity index (χ0v) is 10.6. The average molecular weight is 284 g/mol. The molecule has 1 aromatic carbocycles. The van der Waals surface area contributed by atoms with E-state index in [1.807, 2.05) is 0 Å².